The fourth-order valence-corrected chi connectivity index (χ4v) is 2.01. The van der Waals surface area contributed by atoms with Crippen molar-refractivity contribution in [1.29, 1.82) is 10.5 Å². The maximum Gasteiger partial charge on any atom is 0.141 e. The van der Waals surface area contributed by atoms with E-state index < -0.39 is 6.04 Å². The second-order valence-corrected chi connectivity index (χ2v) is 4.83. The molecule has 1 N–H and O–H groups in total. The van der Waals surface area contributed by atoms with E-state index in [1.54, 1.807) is 18.2 Å². The van der Waals surface area contributed by atoms with Crippen LogP contribution in [0.2, 0.25) is 0 Å². The van der Waals surface area contributed by atoms with Crippen LogP contribution in [0.1, 0.15) is 17.2 Å². The fourth-order valence-electron chi connectivity index (χ4n) is 1.74. The number of nitrogens with one attached hydrogen (secondary N) is 1. The minimum absolute atomic E-state index is 0.513. The van der Waals surface area contributed by atoms with Crippen LogP contribution in [0, 0.1) is 22.7 Å². The smallest absolute Gasteiger partial charge is 0.141 e. The normalized spacial score (nSPS) is 11.1. The minimum Gasteiger partial charge on any atom is -0.366 e. The molecule has 0 heterocycles. The SMILES string of the molecule is N#Cc1ccccc1C(C#N)Nc1ccc(Br)cc1. The summed E-state index contributed by atoms with van der Waals surface area (Å²) in [6.07, 6.45) is 0. The van der Waals surface area contributed by atoms with E-state index in [1.807, 2.05) is 30.3 Å². The lowest BCUT2D eigenvalue weighted by Gasteiger charge is -2.14. The molecular formula is C15H10BrN3. The molecule has 0 bridgehead atoms. The van der Waals surface area contributed by atoms with Crippen LogP contribution >= 0.6 is 15.9 Å². The summed E-state index contributed by atoms with van der Waals surface area (Å²) in [6.45, 7) is 0. The highest BCUT2D eigenvalue weighted by Crippen LogP contribution is 2.23. The number of nitrogens with zero attached hydrogens (tertiary/aromatic N) is 2. The van der Waals surface area contributed by atoms with Gasteiger partial charge in [-0.05, 0) is 30.3 Å². The Balaban J connectivity index is 2.29. The fraction of sp³-hybridized carbons (Fsp3) is 0.0667. The van der Waals surface area contributed by atoms with E-state index in [9.17, 15) is 5.26 Å². The summed E-state index contributed by atoms with van der Waals surface area (Å²) in [5.74, 6) is 0. The lowest BCUT2D eigenvalue weighted by molar-refractivity contribution is 0.991. The molecule has 92 valence electrons. The van der Waals surface area contributed by atoms with Crippen molar-refractivity contribution in [2.75, 3.05) is 5.32 Å². The lowest BCUT2D eigenvalue weighted by atomic mass is 10.0. The average molecular weight is 312 g/mol. The third-order valence-electron chi connectivity index (χ3n) is 2.68. The first-order chi connectivity index (χ1) is 9.24. The van der Waals surface area contributed by atoms with Crippen molar-refractivity contribution in [3.05, 3.63) is 64.1 Å². The maximum absolute atomic E-state index is 9.28. The van der Waals surface area contributed by atoms with Crippen LogP contribution in [0.25, 0.3) is 0 Å². The van der Waals surface area contributed by atoms with Gasteiger partial charge in [-0.25, -0.2) is 0 Å². The second-order valence-electron chi connectivity index (χ2n) is 3.91. The van der Waals surface area contributed by atoms with Crippen molar-refractivity contribution in [3.63, 3.8) is 0 Å². The monoisotopic (exact) mass is 311 g/mol. The number of anilines is 1. The van der Waals surface area contributed by atoms with E-state index in [1.165, 1.54) is 0 Å². The standard InChI is InChI=1S/C15H10BrN3/c16-12-5-7-13(8-6-12)19-15(10-18)14-4-2-1-3-11(14)9-17/h1-8,15,19H. The molecule has 2 rings (SSSR count). The Bertz CT molecular complexity index is 650. The number of halogens is 1. The largest absolute Gasteiger partial charge is 0.366 e. The molecule has 2 aromatic carbocycles. The van der Waals surface area contributed by atoms with Crippen molar-refractivity contribution in [2.45, 2.75) is 6.04 Å². The first kappa shape index (κ1) is 13.1. The summed E-state index contributed by atoms with van der Waals surface area (Å²) in [5, 5.41) is 21.5. The Hall–Kier alpha value is -2.30. The highest BCUT2D eigenvalue weighted by atomic mass is 79.9. The Morgan fingerprint density at radius 1 is 1.00 bits per heavy atom. The van der Waals surface area contributed by atoms with Gasteiger partial charge >= 0.3 is 0 Å². The van der Waals surface area contributed by atoms with Crippen LogP contribution in [0.4, 0.5) is 5.69 Å². The zero-order valence-electron chi connectivity index (χ0n) is 9.97. The molecule has 0 aromatic heterocycles. The van der Waals surface area contributed by atoms with Gasteiger partial charge in [0.25, 0.3) is 0 Å². The number of benzene rings is 2. The van der Waals surface area contributed by atoms with E-state index in [0.29, 0.717) is 11.1 Å². The number of hydrogen-bond acceptors (Lipinski definition) is 3. The van der Waals surface area contributed by atoms with E-state index in [-0.39, 0.29) is 0 Å². The molecule has 4 heteroatoms. The topological polar surface area (TPSA) is 59.6 Å². The Morgan fingerprint density at radius 2 is 1.68 bits per heavy atom. The zero-order chi connectivity index (χ0) is 13.7. The van der Waals surface area contributed by atoms with Gasteiger partial charge in [0.05, 0.1) is 17.7 Å². The first-order valence-corrected chi connectivity index (χ1v) is 6.44. The van der Waals surface area contributed by atoms with Crippen LogP contribution in [0.15, 0.2) is 53.0 Å². The van der Waals surface area contributed by atoms with Crippen LogP contribution in [-0.2, 0) is 0 Å². The van der Waals surface area contributed by atoms with Crippen LogP contribution in [0.3, 0.4) is 0 Å². The van der Waals surface area contributed by atoms with Gasteiger partial charge in [0.2, 0.25) is 0 Å². The van der Waals surface area contributed by atoms with Crippen LogP contribution < -0.4 is 5.32 Å². The predicted molar refractivity (Wildman–Crippen MR) is 77.3 cm³/mol. The van der Waals surface area contributed by atoms with Gasteiger partial charge in [-0.3, -0.25) is 0 Å². The van der Waals surface area contributed by atoms with Gasteiger partial charge in [-0.1, -0.05) is 34.1 Å². The van der Waals surface area contributed by atoms with Gasteiger partial charge in [-0.15, -0.1) is 0 Å². The molecule has 2 aromatic rings. The van der Waals surface area contributed by atoms with E-state index >= 15 is 0 Å². The number of rotatable bonds is 3. The highest BCUT2D eigenvalue weighted by Gasteiger charge is 2.14. The zero-order valence-corrected chi connectivity index (χ0v) is 11.6. The first-order valence-electron chi connectivity index (χ1n) is 5.65. The molecule has 1 unspecified atom stereocenters. The summed E-state index contributed by atoms with van der Waals surface area (Å²) in [5.41, 5.74) is 2.04. The molecule has 0 spiro atoms. The maximum atomic E-state index is 9.28. The van der Waals surface area contributed by atoms with Crippen molar-refractivity contribution in [3.8, 4) is 12.1 Å². The average Bonchev–Trinajstić information content (AvgIpc) is 2.46. The van der Waals surface area contributed by atoms with E-state index in [2.05, 4.69) is 33.4 Å². The van der Waals surface area contributed by atoms with Crippen LogP contribution in [0.5, 0.6) is 0 Å². The Kier molecular flexibility index (Phi) is 4.18. The third-order valence-corrected chi connectivity index (χ3v) is 3.21. The quantitative estimate of drug-likeness (QED) is 0.932. The van der Waals surface area contributed by atoms with E-state index in [0.717, 1.165) is 10.2 Å². The molecule has 0 aliphatic carbocycles. The summed E-state index contributed by atoms with van der Waals surface area (Å²) in [7, 11) is 0. The van der Waals surface area contributed by atoms with Gasteiger partial charge < -0.3 is 5.32 Å². The molecule has 0 aliphatic heterocycles. The molecule has 0 saturated carbocycles. The summed E-state index contributed by atoms with van der Waals surface area (Å²) < 4.78 is 0.976. The Labute approximate surface area is 120 Å². The van der Waals surface area contributed by atoms with Crippen molar-refractivity contribution >= 4 is 21.6 Å². The molecule has 3 nitrogen and oxygen atoms in total. The number of nitriles is 2. The van der Waals surface area contributed by atoms with Gasteiger partial charge in [-0.2, -0.15) is 10.5 Å². The second kappa shape index (κ2) is 6.04. The minimum atomic E-state index is -0.544. The molecule has 0 aliphatic rings. The highest BCUT2D eigenvalue weighted by molar-refractivity contribution is 9.10. The molecular weight excluding hydrogens is 302 g/mol. The summed E-state index contributed by atoms with van der Waals surface area (Å²) >= 11 is 3.36. The molecule has 19 heavy (non-hydrogen) atoms. The summed E-state index contributed by atoms with van der Waals surface area (Å²) in [6, 6.07) is 18.4. The van der Waals surface area contributed by atoms with Crippen molar-refractivity contribution < 1.29 is 0 Å². The van der Waals surface area contributed by atoms with Crippen molar-refractivity contribution in [2.24, 2.45) is 0 Å². The predicted octanol–water partition coefficient (Wildman–Crippen LogP) is 4.00. The van der Waals surface area contributed by atoms with Gasteiger partial charge in [0.1, 0.15) is 6.04 Å². The Morgan fingerprint density at radius 3 is 2.32 bits per heavy atom. The summed E-state index contributed by atoms with van der Waals surface area (Å²) in [4.78, 5) is 0. The molecule has 0 amide bonds. The van der Waals surface area contributed by atoms with Gasteiger partial charge in [0, 0.05) is 15.7 Å². The van der Waals surface area contributed by atoms with E-state index in [4.69, 9.17) is 5.26 Å². The third kappa shape index (κ3) is 3.13. The molecule has 0 saturated heterocycles. The van der Waals surface area contributed by atoms with Gasteiger partial charge in [0.15, 0.2) is 0 Å². The number of hydrogen-bond donors (Lipinski definition) is 1. The molecule has 1 atom stereocenters. The lowest BCUT2D eigenvalue weighted by Crippen LogP contribution is -2.10. The molecule has 0 radical (unpaired) electrons. The van der Waals surface area contributed by atoms with Crippen LogP contribution in [-0.4, -0.2) is 0 Å². The molecule has 0 fully saturated rings. The van der Waals surface area contributed by atoms with Crippen molar-refractivity contribution in [1.82, 2.24) is 0 Å².